The lowest BCUT2D eigenvalue weighted by Gasteiger charge is -2.13. The van der Waals surface area contributed by atoms with Crippen molar-refractivity contribution in [1.82, 2.24) is 14.5 Å². The third-order valence-electron chi connectivity index (χ3n) is 3.56. The van der Waals surface area contributed by atoms with Gasteiger partial charge in [-0.15, -0.1) is 0 Å². The first-order valence-corrected chi connectivity index (χ1v) is 8.51. The number of nitrogens with two attached hydrogens (primary N) is 1. The Balaban J connectivity index is 1.96. The molecule has 1 aromatic heterocycles. The van der Waals surface area contributed by atoms with Crippen LogP contribution in [0.3, 0.4) is 0 Å². The highest BCUT2D eigenvalue weighted by molar-refractivity contribution is 7.89. The van der Waals surface area contributed by atoms with Gasteiger partial charge in [0, 0.05) is 13.1 Å². The van der Waals surface area contributed by atoms with E-state index in [0.29, 0.717) is 13.1 Å². The van der Waals surface area contributed by atoms with Gasteiger partial charge in [0.05, 0.1) is 6.20 Å². The summed E-state index contributed by atoms with van der Waals surface area (Å²) in [5.74, 6) is 0.192. The van der Waals surface area contributed by atoms with Crippen molar-refractivity contribution in [2.24, 2.45) is 0 Å². The fourth-order valence-corrected chi connectivity index (χ4v) is 3.49. The van der Waals surface area contributed by atoms with E-state index in [4.69, 9.17) is 5.73 Å². The van der Waals surface area contributed by atoms with Gasteiger partial charge in [0.1, 0.15) is 10.7 Å². The van der Waals surface area contributed by atoms with Gasteiger partial charge in [-0.2, -0.15) is 5.10 Å². The van der Waals surface area contributed by atoms with Gasteiger partial charge in [-0.3, -0.25) is 0 Å². The van der Waals surface area contributed by atoms with Crippen molar-refractivity contribution in [2.45, 2.75) is 50.5 Å². The highest BCUT2D eigenvalue weighted by atomic mass is 32.2. The lowest BCUT2D eigenvalue weighted by Crippen LogP contribution is -2.25. The van der Waals surface area contributed by atoms with Crippen LogP contribution in [-0.2, 0) is 16.6 Å². The molecule has 20 heavy (non-hydrogen) atoms. The minimum atomic E-state index is -3.57. The summed E-state index contributed by atoms with van der Waals surface area (Å²) >= 11 is 0. The van der Waals surface area contributed by atoms with Crippen molar-refractivity contribution in [2.75, 3.05) is 12.3 Å². The largest absolute Gasteiger partial charge is 0.383 e. The summed E-state index contributed by atoms with van der Waals surface area (Å²) in [5, 5.41) is 3.96. The van der Waals surface area contributed by atoms with E-state index in [1.165, 1.54) is 29.3 Å². The molecule has 1 aliphatic rings. The van der Waals surface area contributed by atoms with Crippen LogP contribution in [-0.4, -0.2) is 24.7 Å². The third kappa shape index (κ3) is 3.40. The number of sulfonamides is 1. The standard InChI is InChI=1S/C13H22N4O2S/c1-2-17-13(14)12(10-15-17)20(18,19)16-9-8-11-6-4-3-5-7-11/h6,10,16H,2-5,7-9,14H2,1H3. The molecule has 0 aromatic carbocycles. The van der Waals surface area contributed by atoms with Crippen LogP contribution < -0.4 is 10.5 Å². The van der Waals surface area contributed by atoms with E-state index in [9.17, 15) is 8.42 Å². The van der Waals surface area contributed by atoms with Crippen LogP contribution in [0.1, 0.15) is 39.0 Å². The second kappa shape index (κ2) is 6.41. The fraction of sp³-hybridized carbons (Fsp3) is 0.615. The average molecular weight is 298 g/mol. The van der Waals surface area contributed by atoms with Gasteiger partial charge < -0.3 is 5.73 Å². The van der Waals surface area contributed by atoms with Crippen molar-refractivity contribution in [3.05, 3.63) is 17.8 Å². The van der Waals surface area contributed by atoms with Crippen molar-refractivity contribution in [3.63, 3.8) is 0 Å². The lowest BCUT2D eigenvalue weighted by atomic mass is 9.97. The number of hydrogen-bond acceptors (Lipinski definition) is 4. The predicted octanol–water partition coefficient (Wildman–Crippen LogP) is 1.65. The number of rotatable bonds is 6. The van der Waals surface area contributed by atoms with Crippen molar-refractivity contribution in [3.8, 4) is 0 Å². The normalized spacial score (nSPS) is 16.1. The van der Waals surface area contributed by atoms with Crippen LogP contribution >= 0.6 is 0 Å². The van der Waals surface area contributed by atoms with Gasteiger partial charge in [-0.1, -0.05) is 11.6 Å². The topological polar surface area (TPSA) is 90.0 Å². The molecule has 1 aromatic rings. The Labute approximate surface area is 120 Å². The minimum absolute atomic E-state index is 0.0666. The van der Waals surface area contributed by atoms with Gasteiger partial charge in [-0.25, -0.2) is 17.8 Å². The summed E-state index contributed by atoms with van der Waals surface area (Å²) in [7, 11) is -3.57. The summed E-state index contributed by atoms with van der Waals surface area (Å²) in [6.07, 6.45) is 8.93. The van der Waals surface area contributed by atoms with E-state index in [0.717, 1.165) is 19.3 Å². The summed E-state index contributed by atoms with van der Waals surface area (Å²) in [6.45, 7) is 2.82. The molecule has 0 radical (unpaired) electrons. The van der Waals surface area contributed by atoms with Crippen molar-refractivity contribution in [1.29, 1.82) is 0 Å². The molecule has 112 valence electrons. The Morgan fingerprint density at radius 3 is 2.85 bits per heavy atom. The zero-order valence-electron chi connectivity index (χ0n) is 11.8. The molecule has 1 heterocycles. The maximum atomic E-state index is 12.2. The Morgan fingerprint density at radius 2 is 2.25 bits per heavy atom. The van der Waals surface area contributed by atoms with E-state index in [2.05, 4.69) is 15.9 Å². The molecule has 0 fully saturated rings. The number of hydrogen-bond donors (Lipinski definition) is 2. The number of aryl methyl sites for hydroxylation is 1. The second-order valence-electron chi connectivity index (χ2n) is 4.97. The number of nitrogens with zero attached hydrogens (tertiary/aromatic N) is 2. The number of anilines is 1. The molecule has 0 spiro atoms. The molecule has 0 amide bonds. The SMILES string of the molecule is CCn1ncc(S(=O)(=O)NCCC2=CCCCC2)c1N. The van der Waals surface area contributed by atoms with E-state index in [1.807, 2.05) is 6.92 Å². The highest BCUT2D eigenvalue weighted by Gasteiger charge is 2.20. The third-order valence-corrected chi connectivity index (χ3v) is 5.03. The number of nitrogens with one attached hydrogen (secondary N) is 1. The number of aromatic nitrogens is 2. The van der Waals surface area contributed by atoms with Crippen LogP contribution in [0.25, 0.3) is 0 Å². The van der Waals surface area contributed by atoms with Gasteiger partial charge in [0.25, 0.3) is 0 Å². The van der Waals surface area contributed by atoms with Gasteiger partial charge in [-0.05, 0) is 39.0 Å². The van der Waals surface area contributed by atoms with Crippen LogP contribution in [0.15, 0.2) is 22.7 Å². The van der Waals surface area contributed by atoms with Gasteiger partial charge in [0.2, 0.25) is 10.0 Å². The minimum Gasteiger partial charge on any atom is -0.383 e. The van der Waals surface area contributed by atoms with Crippen LogP contribution in [0.5, 0.6) is 0 Å². The van der Waals surface area contributed by atoms with Crippen molar-refractivity contribution >= 4 is 15.8 Å². The Morgan fingerprint density at radius 1 is 1.45 bits per heavy atom. The molecule has 0 saturated heterocycles. The first-order valence-electron chi connectivity index (χ1n) is 7.03. The molecule has 7 heteroatoms. The summed E-state index contributed by atoms with van der Waals surface area (Å²) < 4.78 is 28.4. The lowest BCUT2D eigenvalue weighted by molar-refractivity contribution is 0.579. The zero-order chi connectivity index (χ0) is 14.6. The Bertz CT molecular complexity index is 590. The van der Waals surface area contributed by atoms with Crippen LogP contribution in [0.2, 0.25) is 0 Å². The van der Waals surface area contributed by atoms with Gasteiger partial charge >= 0.3 is 0 Å². The number of allylic oxidation sites excluding steroid dienone is 1. The first kappa shape index (κ1) is 15.1. The smallest absolute Gasteiger partial charge is 0.245 e. The molecule has 0 aliphatic heterocycles. The summed E-state index contributed by atoms with van der Waals surface area (Å²) in [5.41, 5.74) is 7.13. The molecule has 2 rings (SSSR count). The number of nitrogen functional groups attached to an aromatic ring is 1. The van der Waals surface area contributed by atoms with Crippen LogP contribution in [0.4, 0.5) is 5.82 Å². The van der Waals surface area contributed by atoms with E-state index < -0.39 is 10.0 Å². The molecule has 0 bridgehead atoms. The molecule has 0 unspecified atom stereocenters. The molecule has 3 N–H and O–H groups in total. The predicted molar refractivity (Wildman–Crippen MR) is 78.7 cm³/mol. The van der Waals surface area contributed by atoms with Crippen molar-refractivity contribution < 1.29 is 8.42 Å². The quantitative estimate of drug-likeness (QED) is 0.781. The van der Waals surface area contributed by atoms with E-state index >= 15 is 0 Å². The second-order valence-corrected chi connectivity index (χ2v) is 6.70. The molecular formula is C13H22N4O2S. The molecule has 0 saturated carbocycles. The molecular weight excluding hydrogens is 276 g/mol. The van der Waals surface area contributed by atoms with E-state index in [1.54, 1.807) is 0 Å². The van der Waals surface area contributed by atoms with Crippen LogP contribution in [0, 0.1) is 0 Å². The van der Waals surface area contributed by atoms with E-state index in [-0.39, 0.29) is 10.7 Å². The zero-order valence-corrected chi connectivity index (χ0v) is 12.6. The van der Waals surface area contributed by atoms with Gasteiger partial charge in [0.15, 0.2) is 0 Å². The highest BCUT2D eigenvalue weighted by Crippen LogP contribution is 2.20. The summed E-state index contributed by atoms with van der Waals surface area (Å²) in [4.78, 5) is 0.0666. The molecule has 1 aliphatic carbocycles. The monoisotopic (exact) mass is 298 g/mol. The first-order chi connectivity index (χ1) is 9.54. The molecule has 0 atom stereocenters. The fourth-order valence-electron chi connectivity index (χ4n) is 2.39. The molecule has 6 nitrogen and oxygen atoms in total. The maximum absolute atomic E-state index is 12.2. The average Bonchev–Trinajstić information content (AvgIpc) is 2.81. The summed E-state index contributed by atoms with van der Waals surface area (Å²) in [6, 6.07) is 0. The Kier molecular flexibility index (Phi) is 4.82. The maximum Gasteiger partial charge on any atom is 0.245 e. The Hall–Kier alpha value is -1.34.